The predicted molar refractivity (Wildman–Crippen MR) is 69.1 cm³/mol. The van der Waals surface area contributed by atoms with Crippen molar-refractivity contribution in [2.24, 2.45) is 0 Å². The fourth-order valence-corrected chi connectivity index (χ4v) is 2.36. The van der Waals surface area contributed by atoms with Gasteiger partial charge in [-0.2, -0.15) is 13.2 Å². The molecule has 0 fully saturated rings. The Bertz CT molecular complexity index is 584. The first kappa shape index (κ1) is 13.1. The highest BCUT2D eigenvalue weighted by Crippen LogP contribution is 2.41. The van der Waals surface area contributed by atoms with E-state index < -0.39 is 11.7 Å². The number of alkyl halides is 3. The van der Waals surface area contributed by atoms with E-state index in [0.717, 1.165) is 12.3 Å². The van der Waals surface area contributed by atoms with Crippen LogP contribution in [0.3, 0.4) is 0 Å². The molecular formula is C12H7F3INO. The number of halogens is 4. The molecule has 2 rings (SSSR count). The quantitative estimate of drug-likeness (QED) is 0.611. The minimum absolute atomic E-state index is 0.0938. The molecule has 0 amide bonds. The van der Waals surface area contributed by atoms with Crippen LogP contribution < -0.4 is 0 Å². The Hall–Kier alpha value is -1.31. The number of hydrogen-bond acceptors (Lipinski definition) is 2. The number of rotatable bonds is 1. The van der Waals surface area contributed by atoms with E-state index in [2.05, 4.69) is 4.98 Å². The minimum atomic E-state index is -4.49. The van der Waals surface area contributed by atoms with Gasteiger partial charge in [0.2, 0.25) is 0 Å². The number of aromatic nitrogens is 1. The van der Waals surface area contributed by atoms with Crippen LogP contribution in [0.4, 0.5) is 13.2 Å². The highest BCUT2D eigenvalue weighted by Gasteiger charge is 2.35. The van der Waals surface area contributed by atoms with Crippen molar-refractivity contribution in [1.82, 2.24) is 4.98 Å². The van der Waals surface area contributed by atoms with Gasteiger partial charge in [-0.1, -0.05) is 18.2 Å². The molecule has 2 nitrogen and oxygen atoms in total. The topological polar surface area (TPSA) is 33.1 Å². The third-order valence-corrected chi connectivity index (χ3v) is 3.20. The molecule has 1 N–H and O–H groups in total. The van der Waals surface area contributed by atoms with Gasteiger partial charge in [-0.25, -0.2) is 4.98 Å². The second kappa shape index (κ2) is 4.75. The number of hydrogen-bond donors (Lipinski definition) is 1. The Morgan fingerprint density at radius 1 is 1.11 bits per heavy atom. The van der Waals surface area contributed by atoms with Gasteiger partial charge in [-0.3, -0.25) is 0 Å². The largest absolute Gasteiger partial charge is 0.507 e. The molecule has 1 aromatic heterocycles. The maximum atomic E-state index is 12.9. The molecule has 0 aliphatic heterocycles. The molecule has 0 atom stereocenters. The molecule has 1 heterocycles. The number of nitrogens with zero attached hydrogens (tertiary/aromatic N) is 1. The van der Waals surface area contributed by atoms with Gasteiger partial charge in [-0.05, 0) is 34.7 Å². The molecule has 0 unspecified atom stereocenters. The fraction of sp³-hybridized carbons (Fsp3) is 0.0833. The van der Waals surface area contributed by atoms with Crippen LogP contribution in [0.25, 0.3) is 11.1 Å². The van der Waals surface area contributed by atoms with Crippen molar-refractivity contribution >= 4 is 22.6 Å². The normalized spacial score (nSPS) is 11.6. The first-order valence-electron chi connectivity index (χ1n) is 4.91. The molecule has 0 bridgehead atoms. The van der Waals surface area contributed by atoms with E-state index in [1.807, 2.05) is 0 Å². The molecule has 0 spiro atoms. The number of pyridine rings is 1. The Kier molecular flexibility index (Phi) is 3.47. The second-order valence-corrected chi connectivity index (χ2v) is 4.56. The predicted octanol–water partition coefficient (Wildman–Crippen LogP) is 4.08. The Balaban J connectivity index is 2.75. The summed E-state index contributed by atoms with van der Waals surface area (Å²) in [5.41, 5.74) is -0.769. The molecule has 18 heavy (non-hydrogen) atoms. The summed E-state index contributed by atoms with van der Waals surface area (Å²) in [5.74, 6) is -0.200. The van der Waals surface area contributed by atoms with Crippen molar-refractivity contribution in [1.29, 1.82) is 0 Å². The van der Waals surface area contributed by atoms with Crippen molar-refractivity contribution in [3.05, 3.63) is 45.8 Å². The highest BCUT2D eigenvalue weighted by atomic mass is 127. The van der Waals surface area contributed by atoms with Gasteiger partial charge in [0.1, 0.15) is 9.45 Å². The molecule has 0 aliphatic rings. The lowest BCUT2D eigenvalue weighted by molar-refractivity contribution is -0.137. The average Bonchev–Trinajstić information content (AvgIpc) is 2.29. The summed E-state index contributed by atoms with van der Waals surface area (Å²) in [6.45, 7) is 0. The fourth-order valence-electron chi connectivity index (χ4n) is 1.61. The van der Waals surface area contributed by atoms with Crippen molar-refractivity contribution in [2.75, 3.05) is 0 Å². The molecule has 0 saturated heterocycles. The summed E-state index contributed by atoms with van der Waals surface area (Å²) >= 11 is 1.72. The lowest BCUT2D eigenvalue weighted by atomic mass is 10.0. The van der Waals surface area contributed by atoms with Crippen LogP contribution in [0.2, 0.25) is 0 Å². The van der Waals surface area contributed by atoms with Gasteiger partial charge < -0.3 is 5.11 Å². The van der Waals surface area contributed by atoms with Crippen LogP contribution in [-0.4, -0.2) is 10.1 Å². The first-order valence-corrected chi connectivity index (χ1v) is 5.99. The monoisotopic (exact) mass is 365 g/mol. The zero-order valence-corrected chi connectivity index (χ0v) is 11.0. The summed E-state index contributed by atoms with van der Waals surface area (Å²) < 4.78 is 39.0. The first-order chi connectivity index (χ1) is 8.41. The summed E-state index contributed by atoms with van der Waals surface area (Å²) in [6.07, 6.45) is -3.38. The molecule has 2 aromatic rings. The molecule has 94 valence electrons. The summed E-state index contributed by atoms with van der Waals surface area (Å²) in [5, 5.41) is 9.68. The van der Waals surface area contributed by atoms with Gasteiger partial charge in [0.05, 0.1) is 5.56 Å². The zero-order chi connectivity index (χ0) is 13.3. The van der Waals surface area contributed by atoms with Crippen LogP contribution in [0.5, 0.6) is 5.75 Å². The number of phenolic OH excluding ortho intramolecular Hbond substituents is 1. The molecule has 0 saturated carbocycles. The Morgan fingerprint density at radius 2 is 1.78 bits per heavy atom. The van der Waals surface area contributed by atoms with Crippen LogP contribution in [0, 0.1) is 3.70 Å². The molecule has 1 aromatic carbocycles. The standard InChI is InChI=1S/C12H7F3INO/c13-12(14,15)8-5-6-17-11(16)10(8)7-3-1-2-4-9(7)18/h1-6,18H. The van der Waals surface area contributed by atoms with Crippen LogP contribution in [0.1, 0.15) is 5.56 Å². The van der Waals surface area contributed by atoms with E-state index >= 15 is 0 Å². The molecule has 6 heteroatoms. The maximum absolute atomic E-state index is 12.9. The zero-order valence-electron chi connectivity index (χ0n) is 8.87. The van der Waals surface area contributed by atoms with Crippen LogP contribution >= 0.6 is 22.6 Å². The number of para-hydroxylation sites is 1. The summed E-state index contributed by atoms with van der Waals surface area (Å²) in [6, 6.07) is 6.81. The van der Waals surface area contributed by atoms with E-state index in [4.69, 9.17) is 0 Å². The average molecular weight is 365 g/mol. The van der Waals surface area contributed by atoms with E-state index in [1.165, 1.54) is 12.1 Å². The van der Waals surface area contributed by atoms with Gasteiger partial charge in [0.25, 0.3) is 0 Å². The summed E-state index contributed by atoms with van der Waals surface area (Å²) in [4.78, 5) is 3.85. The lowest BCUT2D eigenvalue weighted by Crippen LogP contribution is -2.09. The van der Waals surface area contributed by atoms with Gasteiger partial charge >= 0.3 is 6.18 Å². The highest BCUT2D eigenvalue weighted by molar-refractivity contribution is 14.1. The van der Waals surface area contributed by atoms with Crippen molar-refractivity contribution in [3.63, 3.8) is 0 Å². The SMILES string of the molecule is Oc1ccccc1-c1c(C(F)(F)F)ccnc1I. The third-order valence-electron chi connectivity index (χ3n) is 2.38. The second-order valence-electron chi connectivity index (χ2n) is 3.54. The molecular weight excluding hydrogens is 358 g/mol. The molecule has 0 aliphatic carbocycles. The number of phenols is 1. The maximum Gasteiger partial charge on any atom is 0.417 e. The van der Waals surface area contributed by atoms with Crippen molar-refractivity contribution in [3.8, 4) is 16.9 Å². The Morgan fingerprint density at radius 3 is 2.39 bits per heavy atom. The van der Waals surface area contributed by atoms with Crippen molar-refractivity contribution < 1.29 is 18.3 Å². The number of aromatic hydroxyl groups is 1. The lowest BCUT2D eigenvalue weighted by Gasteiger charge is -2.14. The summed E-state index contributed by atoms with van der Waals surface area (Å²) in [7, 11) is 0. The Labute approximate surface area is 115 Å². The van der Waals surface area contributed by atoms with Gasteiger partial charge in [-0.15, -0.1) is 0 Å². The van der Waals surface area contributed by atoms with Crippen molar-refractivity contribution in [2.45, 2.75) is 6.18 Å². The van der Waals surface area contributed by atoms with Gasteiger partial charge in [0, 0.05) is 17.3 Å². The third kappa shape index (κ3) is 2.43. The molecule has 0 radical (unpaired) electrons. The van der Waals surface area contributed by atoms with E-state index in [9.17, 15) is 18.3 Å². The van der Waals surface area contributed by atoms with Crippen LogP contribution in [0.15, 0.2) is 36.5 Å². The smallest absolute Gasteiger partial charge is 0.417 e. The van der Waals surface area contributed by atoms with E-state index in [0.29, 0.717) is 0 Å². The number of benzene rings is 1. The van der Waals surface area contributed by atoms with Gasteiger partial charge in [0.15, 0.2) is 0 Å². The minimum Gasteiger partial charge on any atom is -0.507 e. The van der Waals surface area contributed by atoms with E-state index in [-0.39, 0.29) is 20.6 Å². The van der Waals surface area contributed by atoms with Crippen LogP contribution in [-0.2, 0) is 6.18 Å². The van der Waals surface area contributed by atoms with E-state index in [1.54, 1.807) is 34.7 Å².